The van der Waals surface area contributed by atoms with E-state index >= 15 is 0 Å². The number of carbonyl (C=O) groups excluding carboxylic acids is 1. The largest absolute Gasteiger partial charge is 0.480 e. The molecule has 6 heteroatoms. The van der Waals surface area contributed by atoms with E-state index in [4.69, 9.17) is 4.98 Å². The maximum Gasteiger partial charge on any atom is 0.319 e. The predicted molar refractivity (Wildman–Crippen MR) is 84.1 cm³/mol. The van der Waals surface area contributed by atoms with Crippen LogP contribution in [0.15, 0.2) is 5.38 Å². The first-order chi connectivity index (χ1) is 10.4. The van der Waals surface area contributed by atoms with Gasteiger partial charge in [0.05, 0.1) is 10.7 Å². The standard InChI is InChI=1S/C16H22N2O3S/c1-10(2)12-9-22-13(17-12)11-4-3-7-18(8-11)14(19)16(5-6-16)15(20)21/h9-11H,3-8H2,1-2H3,(H,20,21). The van der Waals surface area contributed by atoms with Crippen LogP contribution in [0.3, 0.4) is 0 Å². The fourth-order valence-electron chi connectivity index (χ4n) is 3.06. The summed E-state index contributed by atoms with van der Waals surface area (Å²) in [5.74, 6) is -0.492. The highest BCUT2D eigenvalue weighted by Gasteiger charge is 2.58. The Labute approximate surface area is 134 Å². The van der Waals surface area contributed by atoms with Gasteiger partial charge in [-0.15, -0.1) is 11.3 Å². The van der Waals surface area contributed by atoms with Crippen LogP contribution >= 0.6 is 11.3 Å². The van der Waals surface area contributed by atoms with Crippen molar-refractivity contribution >= 4 is 23.2 Å². The van der Waals surface area contributed by atoms with Crippen molar-refractivity contribution in [2.24, 2.45) is 5.41 Å². The van der Waals surface area contributed by atoms with Gasteiger partial charge in [-0.3, -0.25) is 9.59 Å². The van der Waals surface area contributed by atoms with Crippen molar-refractivity contribution in [2.45, 2.75) is 51.4 Å². The average Bonchev–Trinajstić information content (AvgIpc) is 3.16. The second-order valence-corrected chi connectivity index (χ2v) is 7.63. The van der Waals surface area contributed by atoms with Gasteiger partial charge in [0.1, 0.15) is 5.41 Å². The molecular formula is C16H22N2O3S. The van der Waals surface area contributed by atoms with Crippen LogP contribution < -0.4 is 0 Å². The van der Waals surface area contributed by atoms with Crippen molar-refractivity contribution < 1.29 is 14.7 Å². The van der Waals surface area contributed by atoms with Crippen LogP contribution in [0.4, 0.5) is 0 Å². The van der Waals surface area contributed by atoms with Gasteiger partial charge in [0.2, 0.25) is 5.91 Å². The highest BCUT2D eigenvalue weighted by atomic mass is 32.1. The smallest absolute Gasteiger partial charge is 0.319 e. The van der Waals surface area contributed by atoms with Crippen LogP contribution in [0, 0.1) is 5.41 Å². The van der Waals surface area contributed by atoms with E-state index in [9.17, 15) is 14.7 Å². The van der Waals surface area contributed by atoms with Gasteiger partial charge >= 0.3 is 5.97 Å². The summed E-state index contributed by atoms with van der Waals surface area (Å²) in [6, 6.07) is 0. The molecule has 0 aromatic carbocycles. The lowest BCUT2D eigenvalue weighted by atomic mass is 9.96. The molecule has 22 heavy (non-hydrogen) atoms. The van der Waals surface area contributed by atoms with Crippen LogP contribution in [0.1, 0.15) is 62.1 Å². The highest BCUT2D eigenvalue weighted by molar-refractivity contribution is 7.09. The quantitative estimate of drug-likeness (QED) is 0.865. The van der Waals surface area contributed by atoms with Gasteiger partial charge in [-0.2, -0.15) is 0 Å². The van der Waals surface area contributed by atoms with Crippen molar-refractivity contribution in [3.05, 3.63) is 16.1 Å². The third-order valence-electron chi connectivity index (χ3n) is 4.76. The fourth-order valence-corrected chi connectivity index (χ4v) is 4.17. The van der Waals surface area contributed by atoms with Crippen molar-refractivity contribution in [2.75, 3.05) is 13.1 Å². The zero-order chi connectivity index (χ0) is 15.9. The first kappa shape index (κ1) is 15.5. The molecule has 1 saturated carbocycles. The first-order valence-corrected chi connectivity index (χ1v) is 8.80. The monoisotopic (exact) mass is 322 g/mol. The fraction of sp³-hybridized carbons (Fsp3) is 0.688. The lowest BCUT2D eigenvalue weighted by Crippen LogP contribution is -2.45. The number of piperidine rings is 1. The molecule has 1 aliphatic heterocycles. The molecule has 1 atom stereocenters. The molecule has 2 heterocycles. The number of hydrogen-bond donors (Lipinski definition) is 1. The third kappa shape index (κ3) is 2.64. The number of carboxylic acids is 1. The molecule has 1 amide bonds. The molecular weight excluding hydrogens is 300 g/mol. The van der Waals surface area contributed by atoms with Crippen LogP contribution in [0.25, 0.3) is 0 Å². The molecule has 1 aliphatic carbocycles. The van der Waals surface area contributed by atoms with Crippen LogP contribution in [-0.2, 0) is 9.59 Å². The molecule has 1 aromatic heterocycles. The van der Waals surface area contributed by atoms with E-state index in [1.54, 1.807) is 16.2 Å². The molecule has 0 spiro atoms. The Hall–Kier alpha value is -1.43. The summed E-state index contributed by atoms with van der Waals surface area (Å²) in [5.41, 5.74) is -0.0129. The molecule has 0 bridgehead atoms. The number of aromatic nitrogens is 1. The van der Waals surface area contributed by atoms with E-state index < -0.39 is 11.4 Å². The Morgan fingerprint density at radius 1 is 1.45 bits per heavy atom. The van der Waals surface area contributed by atoms with E-state index in [1.165, 1.54) is 0 Å². The van der Waals surface area contributed by atoms with E-state index in [-0.39, 0.29) is 11.8 Å². The summed E-state index contributed by atoms with van der Waals surface area (Å²) < 4.78 is 0. The van der Waals surface area contributed by atoms with Crippen molar-refractivity contribution in [3.63, 3.8) is 0 Å². The number of nitrogens with zero attached hydrogens (tertiary/aromatic N) is 2. The molecule has 1 aromatic rings. The molecule has 5 nitrogen and oxygen atoms in total. The lowest BCUT2D eigenvalue weighted by molar-refractivity contribution is -0.154. The molecule has 0 radical (unpaired) electrons. The number of hydrogen-bond acceptors (Lipinski definition) is 4. The van der Waals surface area contributed by atoms with E-state index in [0.717, 1.165) is 23.5 Å². The van der Waals surface area contributed by atoms with E-state index in [0.29, 0.717) is 31.8 Å². The zero-order valence-electron chi connectivity index (χ0n) is 13.0. The number of rotatable bonds is 4. The SMILES string of the molecule is CC(C)c1csc(C2CCCN(C(=O)C3(C(=O)O)CC3)C2)n1. The van der Waals surface area contributed by atoms with Crippen LogP contribution in [-0.4, -0.2) is 40.0 Å². The average molecular weight is 322 g/mol. The Balaban J connectivity index is 1.71. The summed E-state index contributed by atoms with van der Waals surface area (Å²) in [6.45, 7) is 5.53. The zero-order valence-corrected chi connectivity index (χ0v) is 13.9. The molecule has 120 valence electrons. The van der Waals surface area contributed by atoms with Gasteiger partial charge in [-0.1, -0.05) is 13.8 Å². The minimum absolute atomic E-state index is 0.190. The minimum atomic E-state index is -1.12. The second-order valence-electron chi connectivity index (χ2n) is 6.74. The van der Waals surface area contributed by atoms with Crippen molar-refractivity contribution in [3.8, 4) is 0 Å². The summed E-state index contributed by atoms with van der Waals surface area (Å²) in [4.78, 5) is 30.3. The van der Waals surface area contributed by atoms with Gasteiger partial charge < -0.3 is 10.0 Å². The summed E-state index contributed by atoms with van der Waals surface area (Å²) in [5, 5.41) is 12.5. The molecule has 1 saturated heterocycles. The van der Waals surface area contributed by atoms with Crippen molar-refractivity contribution in [1.29, 1.82) is 0 Å². The Morgan fingerprint density at radius 2 is 2.18 bits per heavy atom. The number of carbonyl (C=O) groups is 2. The molecule has 2 fully saturated rings. The second kappa shape index (κ2) is 5.65. The normalized spacial score (nSPS) is 23.6. The van der Waals surface area contributed by atoms with E-state index in [1.807, 2.05) is 0 Å². The first-order valence-electron chi connectivity index (χ1n) is 7.92. The summed E-state index contributed by atoms with van der Waals surface area (Å²) in [7, 11) is 0. The highest BCUT2D eigenvalue weighted by Crippen LogP contribution is 2.48. The van der Waals surface area contributed by atoms with Gasteiger partial charge in [0.15, 0.2) is 0 Å². The van der Waals surface area contributed by atoms with Gasteiger partial charge in [-0.05, 0) is 31.6 Å². The van der Waals surface area contributed by atoms with Gasteiger partial charge in [-0.25, -0.2) is 4.98 Å². The number of amides is 1. The Bertz CT molecular complexity index is 592. The molecule has 1 N–H and O–H groups in total. The maximum atomic E-state index is 12.5. The topological polar surface area (TPSA) is 70.5 Å². The number of thiazole rings is 1. The lowest BCUT2D eigenvalue weighted by Gasteiger charge is -2.33. The Morgan fingerprint density at radius 3 is 2.73 bits per heavy atom. The van der Waals surface area contributed by atoms with Gasteiger partial charge in [0, 0.05) is 24.4 Å². The minimum Gasteiger partial charge on any atom is -0.480 e. The maximum absolute atomic E-state index is 12.5. The van der Waals surface area contributed by atoms with Crippen molar-refractivity contribution in [1.82, 2.24) is 9.88 Å². The third-order valence-corrected chi connectivity index (χ3v) is 5.78. The number of aliphatic carboxylic acids is 1. The molecule has 2 aliphatic rings. The predicted octanol–water partition coefficient (Wildman–Crippen LogP) is 2.84. The Kier molecular flexibility index (Phi) is 3.97. The van der Waals surface area contributed by atoms with Crippen LogP contribution in [0.5, 0.6) is 0 Å². The van der Waals surface area contributed by atoms with Crippen LogP contribution in [0.2, 0.25) is 0 Å². The van der Waals surface area contributed by atoms with E-state index in [2.05, 4.69) is 19.2 Å². The molecule has 1 unspecified atom stereocenters. The van der Waals surface area contributed by atoms with Gasteiger partial charge in [0.25, 0.3) is 0 Å². The molecule has 3 rings (SSSR count). The number of carboxylic acid groups (broad SMARTS) is 1. The summed E-state index contributed by atoms with van der Waals surface area (Å²) >= 11 is 1.66. The summed E-state index contributed by atoms with van der Waals surface area (Å²) in [6.07, 6.45) is 2.91. The number of likely N-dealkylation sites (tertiary alicyclic amines) is 1.